The molecule has 0 fully saturated rings. The third-order valence-corrected chi connectivity index (χ3v) is 2.34. The second-order valence-corrected chi connectivity index (χ2v) is 3.80. The monoisotopic (exact) mass is 245 g/mol. The van der Waals surface area contributed by atoms with Crippen LogP contribution in [0, 0.1) is 6.92 Å². The highest BCUT2D eigenvalue weighted by Crippen LogP contribution is 2.18. The molecule has 1 aromatic rings. The quantitative estimate of drug-likeness (QED) is 0.801. The SMILES string of the molecule is CCN(CC(F)(F)F)C(=O)c1ccc(C)cc1. The molecule has 1 amide bonds. The van der Waals surface area contributed by atoms with Crippen molar-refractivity contribution < 1.29 is 18.0 Å². The van der Waals surface area contributed by atoms with Crippen LogP contribution in [0.5, 0.6) is 0 Å². The smallest absolute Gasteiger partial charge is 0.330 e. The molecule has 0 saturated carbocycles. The molecule has 0 heterocycles. The summed E-state index contributed by atoms with van der Waals surface area (Å²) < 4.78 is 36.7. The van der Waals surface area contributed by atoms with Crippen molar-refractivity contribution in [2.45, 2.75) is 20.0 Å². The number of amides is 1. The molecule has 1 rings (SSSR count). The standard InChI is InChI=1S/C12H14F3NO/c1-3-16(8-12(13,14)15)11(17)10-6-4-9(2)5-7-10/h4-7H,3,8H2,1-2H3. The van der Waals surface area contributed by atoms with Gasteiger partial charge in [-0.05, 0) is 26.0 Å². The van der Waals surface area contributed by atoms with Crippen LogP contribution in [0.1, 0.15) is 22.8 Å². The number of benzene rings is 1. The van der Waals surface area contributed by atoms with Crippen LogP contribution in [0.3, 0.4) is 0 Å². The maximum atomic E-state index is 12.2. The van der Waals surface area contributed by atoms with E-state index in [1.165, 1.54) is 19.1 Å². The largest absolute Gasteiger partial charge is 0.406 e. The fraction of sp³-hybridized carbons (Fsp3) is 0.417. The van der Waals surface area contributed by atoms with Gasteiger partial charge in [0, 0.05) is 12.1 Å². The van der Waals surface area contributed by atoms with Gasteiger partial charge in [0.2, 0.25) is 0 Å². The van der Waals surface area contributed by atoms with Crippen LogP contribution < -0.4 is 0 Å². The minimum atomic E-state index is -4.36. The first-order chi connectivity index (χ1) is 7.83. The zero-order chi connectivity index (χ0) is 13.1. The number of aryl methyl sites for hydroxylation is 1. The number of nitrogens with zero attached hydrogens (tertiary/aromatic N) is 1. The van der Waals surface area contributed by atoms with E-state index in [1.54, 1.807) is 12.1 Å². The van der Waals surface area contributed by atoms with E-state index >= 15 is 0 Å². The van der Waals surface area contributed by atoms with E-state index < -0.39 is 18.6 Å². The fourth-order valence-corrected chi connectivity index (χ4v) is 1.42. The number of rotatable bonds is 3. The van der Waals surface area contributed by atoms with Crippen LogP contribution in [0.25, 0.3) is 0 Å². The number of alkyl halides is 3. The lowest BCUT2D eigenvalue weighted by Crippen LogP contribution is -2.38. The topological polar surface area (TPSA) is 20.3 Å². The summed E-state index contributed by atoms with van der Waals surface area (Å²) in [6, 6.07) is 6.48. The summed E-state index contributed by atoms with van der Waals surface area (Å²) in [5.41, 5.74) is 1.24. The Morgan fingerprint density at radius 3 is 2.18 bits per heavy atom. The summed E-state index contributed by atoms with van der Waals surface area (Å²) in [5, 5.41) is 0. The zero-order valence-corrected chi connectivity index (χ0v) is 9.71. The minimum absolute atomic E-state index is 0.0339. The average Bonchev–Trinajstić information content (AvgIpc) is 2.25. The van der Waals surface area contributed by atoms with Gasteiger partial charge in [-0.1, -0.05) is 17.7 Å². The van der Waals surface area contributed by atoms with E-state index in [2.05, 4.69) is 0 Å². The highest BCUT2D eigenvalue weighted by atomic mass is 19.4. The summed E-state index contributed by atoms with van der Waals surface area (Å²) in [5.74, 6) is -0.593. The first-order valence-electron chi connectivity index (χ1n) is 5.26. The minimum Gasteiger partial charge on any atom is -0.330 e. The Morgan fingerprint density at radius 2 is 1.76 bits per heavy atom. The maximum Gasteiger partial charge on any atom is 0.406 e. The number of carbonyl (C=O) groups excluding carboxylic acids is 1. The number of hydrogen-bond donors (Lipinski definition) is 0. The Labute approximate surface area is 98.0 Å². The molecule has 0 saturated heterocycles. The third-order valence-electron chi connectivity index (χ3n) is 2.34. The van der Waals surface area contributed by atoms with E-state index in [0.29, 0.717) is 0 Å². The summed E-state index contributed by atoms with van der Waals surface area (Å²) in [7, 11) is 0. The molecular formula is C12H14F3NO. The molecule has 0 N–H and O–H groups in total. The van der Waals surface area contributed by atoms with Crippen LogP contribution in [0.4, 0.5) is 13.2 Å². The predicted octanol–water partition coefficient (Wildman–Crippen LogP) is 3.02. The predicted molar refractivity (Wildman–Crippen MR) is 58.8 cm³/mol. The van der Waals surface area contributed by atoms with Crippen LogP contribution in [0.15, 0.2) is 24.3 Å². The van der Waals surface area contributed by atoms with Gasteiger partial charge in [-0.15, -0.1) is 0 Å². The van der Waals surface area contributed by atoms with Crippen LogP contribution >= 0.6 is 0 Å². The van der Waals surface area contributed by atoms with E-state index in [9.17, 15) is 18.0 Å². The molecule has 0 unspecified atom stereocenters. The van der Waals surface area contributed by atoms with Crippen molar-refractivity contribution in [1.82, 2.24) is 4.90 Å². The molecule has 0 aromatic heterocycles. The molecule has 0 aliphatic heterocycles. The van der Waals surface area contributed by atoms with Gasteiger partial charge >= 0.3 is 6.18 Å². The van der Waals surface area contributed by atoms with Crippen molar-refractivity contribution in [2.75, 3.05) is 13.1 Å². The second kappa shape index (κ2) is 5.21. The van der Waals surface area contributed by atoms with E-state index in [0.717, 1.165) is 10.5 Å². The van der Waals surface area contributed by atoms with Crippen molar-refractivity contribution >= 4 is 5.91 Å². The van der Waals surface area contributed by atoms with Crippen molar-refractivity contribution in [3.63, 3.8) is 0 Å². The summed E-state index contributed by atoms with van der Waals surface area (Å²) in [6.45, 7) is 2.20. The molecule has 2 nitrogen and oxygen atoms in total. The Morgan fingerprint density at radius 1 is 1.24 bits per heavy atom. The second-order valence-electron chi connectivity index (χ2n) is 3.80. The molecule has 0 aliphatic carbocycles. The molecule has 0 atom stereocenters. The number of halogens is 3. The van der Waals surface area contributed by atoms with Crippen molar-refractivity contribution in [3.8, 4) is 0 Å². The van der Waals surface area contributed by atoms with Gasteiger partial charge in [0.15, 0.2) is 0 Å². The molecule has 0 aliphatic rings. The molecule has 1 aromatic carbocycles. The third kappa shape index (κ3) is 4.09. The molecule has 17 heavy (non-hydrogen) atoms. The van der Waals surface area contributed by atoms with Gasteiger partial charge in [-0.25, -0.2) is 0 Å². The molecule has 0 spiro atoms. The van der Waals surface area contributed by atoms with E-state index in [1.807, 2.05) is 6.92 Å². The van der Waals surface area contributed by atoms with Crippen molar-refractivity contribution in [3.05, 3.63) is 35.4 Å². The highest BCUT2D eigenvalue weighted by molar-refractivity contribution is 5.94. The van der Waals surface area contributed by atoms with Gasteiger partial charge in [-0.2, -0.15) is 13.2 Å². The lowest BCUT2D eigenvalue weighted by atomic mass is 10.1. The van der Waals surface area contributed by atoms with Crippen molar-refractivity contribution in [1.29, 1.82) is 0 Å². The Bertz CT molecular complexity index is 384. The lowest BCUT2D eigenvalue weighted by Gasteiger charge is -2.22. The molecule has 94 valence electrons. The average molecular weight is 245 g/mol. The highest BCUT2D eigenvalue weighted by Gasteiger charge is 2.32. The first-order valence-corrected chi connectivity index (χ1v) is 5.26. The van der Waals surface area contributed by atoms with Gasteiger partial charge in [0.25, 0.3) is 5.91 Å². The van der Waals surface area contributed by atoms with Crippen LogP contribution in [-0.2, 0) is 0 Å². The Hall–Kier alpha value is -1.52. The Balaban J connectivity index is 2.83. The van der Waals surface area contributed by atoms with E-state index in [4.69, 9.17) is 0 Å². The van der Waals surface area contributed by atoms with Crippen LogP contribution in [-0.4, -0.2) is 30.1 Å². The molecule has 5 heteroatoms. The van der Waals surface area contributed by atoms with Gasteiger partial charge in [0.1, 0.15) is 6.54 Å². The van der Waals surface area contributed by atoms with Gasteiger partial charge in [0.05, 0.1) is 0 Å². The van der Waals surface area contributed by atoms with Gasteiger partial charge < -0.3 is 4.90 Å². The van der Waals surface area contributed by atoms with E-state index in [-0.39, 0.29) is 12.1 Å². The summed E-state index contributed by atoms with van der Waals surface area (Å²) >= 11 is 0. The normalized spacial score (nSPS) is 11.4. The molecule has 0 bridgehead atoms. The summed E-state index contributed by atoms with van der Waals surface area (Å²) in [4.78, 5) is 12.6. The number of carbonyl (C=O) groups is 1. The van der Waals surface area contributed by atoms with Crippen LogP contribution in [0.2, 0.25) is 0 Å². The Kier molecular flexibility index (Phi) is 4.15. The molecular weight excluding hydrogens is 231 g/mol. The zero-order valence-electron chi connectivity index (χ0n) is 9.71. The fourth-order valence-electron chi connectivity index (χ4n) is 1.42. The molecule has 0 radical (unpaired) electrons. The maximum absolute atomic E-state index is 12.2. The number of hydrogen-bond acceptors (Lipinski definition) is 1. The lowest BCUT2D eigenvalue weighted by molar-refractivity contribution is -0.140. The first kappa shape index (κ1) is 13.5. The van der Waals surface area contributed by atoms with Gasteiger partial charge in [-0.3, -0.25) is 4.79 Å². The van der Waals surface area contributed by atoms with Crippen molar-refractivity contribution in [2.24, 2.45) is 0 Å². The summed E-state index contributed by atoms with van der Waals surface area (Å²) in [6.07, 6.45) is -4.36.